The maximum atomic E-state index is 5.11. The Balaban J connectivity index is 2.36. The van der Waals surface area contributed by atoms with Gasteiger partial charge in [0.05, 0.1) is 7.11 Å². The zero-order chi connectivity index (χ0) is 9.10. The highest BCUT2D eigenvalue weighted by Crippen LogP contribution is 2.29. The number of aromatic nitrogens is 1. The summed E-state index contributed by atoms with van der Waals surface area (Å²) in [7, 11) is 1.68. The van der Waals surface area contributed by atoms with Gasteiger partial charge >= 0.3 is 0 Å². The summed E-state index contributed by atoms with van der Waals surface area (Å²) in [6, 6.07) is 5.98. The van der Waals surface area contributed by atoms with E-state index in [0.29, 0.717) is 0 Å². The normalized spacial score (nSPS) is 9.92. The van der Waals surface area contributed by atoms with Gasteiger partial charge in [0.25, 0.3) is 0 Å². The third-order valence-corrected chi connectivity index (χ3v) is 2.66. The Morgan fingerprint density at radius 3 is 2.92 bits per heavy atom. The van der Waals surface area contributed by atoms with Gasteiger partial charge in [0.2, 0.25) is 0 Å². The van der Waals surface area contributed by atoms with Gasteiger partial charge in [-0.2, -0.15) is 0 Å². The number of thiophene rings is 1. The molecule has 0 radical (unpaired) electrons. The highest BCUT2D eigenvalue weighted by atomic mass is 32.1. The van der Waals surface area contributed by atoms with Crippen LogP contribution in [0.4, 0.5) is 0 Å². The Hall–Kier alpha value is -1.35. The van der Waals surface area contributed by atoms with Gasteiger partial charge in [0.1, 0.15) is 0 Å². The quantitative estimate of drug-likeness (QED) is 0.728. The average Bonchev–Trinajstić information content (AvgIpc) is 2.67. The molecule has 2 rings (SSSR count). The van der Waals surface area contributed by atoms with Gasteiger partial charge in [-0.25, -0.2) is 0 Å². The molecule has 13 heavy (non-hydrogen) atoms. The molecule has 3 heteroatoms. The molecule has 0 amide bonds. The molecular weight excluding hydrogens is 182 g/mol. The molecule has 0 aromatic carbocycles. The Bertz CT molecular complexity index is 383. The average molecular weight is 191 g/mol. The van der Waals surface area contributed by atoms with Crippen molar-refractivity contribution in [2.45, 2.75) is 0 Å². The smallest absolute Gasteiger partial charge is 0.173 e. The summed E-state index contributed by atoms with van der Waals surface area (Å²) in [5.74, 6) is 0. The number of ether oxygens (including phenoxy) is 1. The minimum atomic E-state index is 0.929. The molecule has 0 aliphatic heterocycles. The van der Waals surface area contributed by atoms with E-state index >= 15 is 0 Å². The second-order valence-corrected chi connectivity index (χ2v) is 3.47. The van der Waals surface area contributed by atoms with Gasteiger partial charge in [-0.1, -0.05) is 6.07 Å². The van der Waals surface area contributed by atoms with Crippen molar-refractivity contribution in [2.24, 2.45) is 0 Å². The zero-order valence-corrected chi connectivity index (χ0v) is 8.04. The van der Waals surface area contributed by atoms with E-state index in [1.807, 2.05) is 24.4 Å². The molecule has 0 atom stereocenters. The number of methoxy groups -OCH3 is 1. The van der Waals surface area contributed by atoms with Crippen LogP contribution in [-0.4, -0.2) is 12.1 Å². The van der Waals surface area contributed by atoms with Crippen LogP contribution in [0.3, 0.4) is 0 Å². The first-order chi connectivity index (χ1) is 6.40. The minimum absolute atomic E-state index is 0.929. The van der Waals surface area contributed by atoms with Crippen molar-refractivity contribution in [1.82, 2.24) is 4.98 Å². The largest absolute Gasteiger partial charge is 0.487 e. The molecule has 0 N–H and O–H groups in total. The maximum absolute atomic E-state index is 5.11. The molecule has 0 saturated carbocycles. The summed E-state index contributed by atoms with van der Waals surface area (Å²) in [5.41, 5.74) is 2.29. The van der Waals surface area contributed by atoms with Crippen molar-refractivity contribution in [1.29, 1.82) is 0 Å². The molecule has 2 aromatic rings. The molecule has 2 nitrogen and oxygen atoms in total. The van der Waals surface area contributed by atoms with E-state index in [9.17, 15) is 0 Å². The third kappa shape index (κ3) is 1.70. The van der Waals surface area contributed by atoms with Crippen molar-refractivity contribution in [3.63, 3.8) is 0 Å². The van der Waals surface area contributed by atoms with E-state index in [4.69, 9.17) is 4.74 Å². The standard InChI is InChI=1S/C10H9NOS/c1-12-10-5-9(7-13-10)8-3-2-4-11-6-8/h2-7H,1H3. The molecule has 0 fully saturated rings. The first kappa shape index (κ1) is 8.26. The summed E-state index contributed by atoms with van der Waals surface area (Å²) in [6.07, 6.45) is 3.62. The lowest BCUT2D eigenvalue weighted by Gasteiger charge is -1.94. The Morgan fingerprint density at radius 1 is 1.38 bits per heavy atom. The van der Waals surface area contributed by atoms with Crippen LogP contribution in [0.25, 0.3) is 11.1 Å². The van der Waals surface area contributed by atoms with Crippen LogP contribution in [0.2, 0.25) is 0 Å². The second kappa shape index (κ2) is 3.58. The van der Waals surface area contributed by atoms with Crippen molar-refractivity contribution in [2.75, 3.05) is 7.11 Å². The van der Waals surface area contributed by atoms with E-state index < -0.39 is 0 Å². The predicted octanol–water partition coefficient (Wildman–Crippen LogP) is 2.82. The fraction of sp³-hybridized carbons (Fsp3) is 0.100. The number of nitrogens with zero attached hydrogens (tertiary/aromatic N) is 1. The zero-order valence-electron chi connectivity index (χ0n) is 7.23. The van der Waals surface area contributed by atoms with Gasteiger partial charge in [-0.05, 0) is 17.7 Å². The third-order valence-electron chi connectivity index (χ3n) is 1.77. The summed E-state index contributed by atoms with van der Waals surface area (Å²) in [5, 5.41) is 2.99. The summed E-state index contributed by atoms with van der Waals surface area (Å²) in [4.78, 5) is 4.06. The molecule has 2 aromatic heterocycles. The van der Waals surface area contributed by atoms with Gasteiger partial charge in [0, 0.05) is 23.3 Å². The van der Waals surface area contributed by atoms with Crippen molar-refractivity contribution >= 4 is 11.3 Å². The van der Waals surface area contributed by atoms with Gasteiger partial charge in [-0.3, -0.25) is 4.98 Å². The molecule has 0 aliphatic rings. The first-order valence-corrected chi connectivity index (χ1v) is 4.81. The lowest BCUT2D eigenvalue weighted by molar-refractivity contribution is 0.427. The summed E-state index contributed by atoms with van der Waals surface area (Å²) >= 11 is 1.59. The molecule has 0 saturated heterocycles. The van der Waals surface area contributed by atoms with Crippen LogP contribution in [0.15, 0.2) is 36.0 Å². The molecule has 0 bridgehead atoms. The number of rotatable bonds is 2. The molecule has 0 unspecified atom stereocenters. The van der Waals surface area contributed by atoms with E-state index in [1.165, 1.54) is 0 Å². The van der Waals surface area contributed by atoms with Crippen molar-refractivity contribution in [3.8, 4) is 16.2 Å². The summed E-state index contributed by atoms with van der Waals surface area (Å²) < 4.78 is 5.11. The molecule has 2 heterocycles. The highest BCUT2D eigenvalue weighted by Gasteiger charge is 2.01. The van der Waals surface area contributed by atoms with Crippen molar-refractivity contribution in [3.05, 3.63) is 36.0 Å². The van der Waals surface area contributed by atoms with Crippen LogP contribution in [0.5, 0.6) is 5.06 Å². The van der Waals surface area contributed by atoms with Gasteiger partial charge < -0.3 is 4.74 Å². The Labute approximate surface area is 80.8 Å². The van der Waals surface area contributed by atoms with Gasteiger partial charge in [-0.15, -0.1) is 11.3 Å². The highest BCUT2D eigenvalue weighted by molar-refractivity contribution is 7.12. The van der Waals surface area contributed by atoms with Crippen LogP contribution in [0.1, 0.15) is 0 Å². The van der Waals surface area contributed by atoms with Gasteiger partial charge in [0.15, 0.2) is 5.06 Å². The van der Waals surface area contributed by atoms with Crippen molar-refractivity contribution < 1.29 is 4.74 Å². The van der Waals surface area contributed by atoms with Crippen LogP contribution >= 0.6 is 11.3 Å². The molecule has 66 valence electrons. The fourth-order valence-corrected chi connectivity index (χ4v) is 1.85. The topological polar surface area (TPSA) is 22.1 Å². The van der Waals surface area contributed by atoms with E-state index in [-0.39, 0.29) is 0 Å². The van der Waals surface area contributed by atoms with Crippen LogP contribution < -0.4 is 4.74 Å². The second-order valence-electron chi connectivity index (χ2n) is 2.60. The van der Waals surface area contributed by atoms with E-state index in [1.54, 1.807) is 24.6 Å². The lowest BCUT2D eigenvalue weighted by Crippen LogP contribution is -1.76. The lowest BCUT2D eigenvalue weighted by atomic mass is 10.2. The Morgan fingerprint density at radius 2 is 2.31 bits per heavy atom. The Kier molecular flexibility index (Phi) is 2.27. The van der Waals surface area contributed by atoms with Crippen LogP contribution in [-0.2, 0) is 0 Å². The van der Waals surface area contributed by atoms with Crippen LogP contribution in [0, 0.1) is 0 Å². The minimum Gasteiger partial charge on any atom is -0.487 e. The number of hydrogen-bond acceptors (Lipinski definition) is 3. The predicted molar refractivity (Wildman–Crippen MR) is 54.1 cm³/mol. The fourth-order valence-electron chi connectivity index (χ4n) is 1.11. The number of hydrogen-bond donors (Lipinski definition) is 0. The van der Waals surface area contributed by atoms with E-state index in [2.05, 4.69) is 10.4 Å². The first-order valence-electron chi connectivity index (χ1n) is 3.93. The summed E-state index contributed by atoms with van der Waals surface area (Å²) in [6.45, 7) is 0. The van der Waals surface area contributed by atoms with E-state index in [0.717, 1.165) is 16.2 Å². The molecule has 0 aliphatic carbocycles. The number of pyridine rings is 1. The molecule has 0 spiro atoms. The molecular formula is C10H9NOS. The monoisotopic (exact) mass is 191 g/mol. The SMILES string of the molecule is COc1cc(-c2cccnc2)cs1. The maximum Gasteiger partial charge on any atom is 0.173 e.